The van der Waals surface area contributed by atoms with Gasteiger partial charge in [-0.1, -0.05) is 0 Å². The molecule has 0 saturated heterocycles. The summed E-state index contributed by atoms with van der Waals surface area (Å²) in [5.41, 5.74) is 10.6. The molecule has 0 aromatic carbocycles. The van der Waals surface area contributed by atoms with Gasteiger partial charge in [0.2, 0.25) is 0 Å². The lowest BCUT2D eigenvalue weighted by Gasteiger charge is -2.03. The zero-order chi connectivity index (χ0) is 11.3. The molecule has 82 valence electrons. The number of nitrogens with one attached hydrogen (secondary N) is 2. The minimum Gasteiger partial charge on any atom is -0.448 e. The quantitative estimate of drug-likeness (QED) is 0.466. The largest absolute Gasteiger partial charge is 0.448 e. The van der Waals surface area contributed by atoms with Gasteiger partial charge in [0.05, 0.1) is 18.4 Å². The molecule has 0 spiro atoms. The number of nitrogen functional groups attached to an aromatic ring is 1. The van der Waals surface area contributed by atoms with Crippen LogP contribution in [-0.4, -0.2) is 35.3 Å². The number of rotatable bonds is 4. The van der Waals surface area contributed by atoms with Gasteiger partial charge in [-0.2, -0.15) is 5.10 Å². The van der Waals surface area contributed by atoms with Gasteiger partial charge in [-0.05, 0) is 0 Å². The first-order chi connectivity index (χ1) is 7.11. The highest BCUT2D eigenvalue weighted by molar-refractivity contribution is 5.96. The maximum atomic E-state index is 11.3. The van der Waals surface area contributed by atoms with Gasteiger partial charge >= 0.3 is 6.09 Å². The van der Waals surface area contributed by atoms with E-state index in [-0.39, 0.29) is 24.5 Å². The molecule has 0 fully saturated rings. The molecule has 1 aromatic rings. The average Bonchev–Trinajstić information content (AvgIpc) is 2.58. The van der Waals surface area contributed by atoms with Gasteiger partial charge in [-0.25, -0.2) is 4.79 Å². The number of primary amides is 1. The van der Waals surface area contributed by atoms with Crippen LogP contribution in [0.3, 0.4) is 0 Å². The summed E-state index contributed by atoms with van der Waals surface area (Å²) in [6.45, 7) is 0.162. The lowest BCUT2D eigenvalue weighted by molar-refractivity contribution is 0.0932. The van der Waals surface area contributed by atoms with Crippen molar-refractivity contribution in [3.05, 3.63) is 11.9 Å². The number of anilines is 1. The van der Waals surface area contributed by atoms with E-state index in [1.807, 2.05) is 0 Å². The molecule has 1 rings (SSSR count). The molecule has 0 bridgehead atoms. The van der Waals surface area contributed by atoms with E-state index in [0.29, 0.717) is 0 Å². The van der Waals surface area contributed by atoms with Crippen LogP contribution in [0, 0.1) is 0 Å². The summed E-state index contributed by atoms with van der Waals surface area (Å²) >= 11 is 0. The minimum atomic E-state index is -0.884. The van der Waals surface area contributed by atoms with Crippen LogP contribution in [0.4, 0.5) is 10.5 Å². The number of aromatic amines is 1. The molecular weight excluding hydrogens is 202 g/mol. The van der Waals surface area contributed by atoms with Crippen LogP contribution in [0.25, 0.3) is 0 Å². The predicted molar refractivity (Wildman–Crippen MR) is 50.9 cm³/mol. The standard InChI is InChI=1S/C7H11N5O3/c8-4-3-11-12-5(4)6(13)10-1-2-15-7(9)14/h3H,1-2,8H2,(H2,9,14)(H,10,13)(H,11,12). The number of carbonyl (C=O) groups is 2. The Labute approximate surface area is 85.0 Å². The van der Waals surface area contributed by atoms with E-state index in [1.54, 1.807) is 0 Å². The Hall–Kier alpha value is -2.25. The lowest BCUT2D eigenvalue weighted by Crippen LogP contribution is -2.29. The lowest BCUT2D eigenvalue weighted by atomic mass is 10.3. The van der Waals surface area contributed by atoms with Crippen LogP contribution in [0.1, 0.15) is 10.5 Å². The molecule has 0 atom stereocenters. The van der Waals surface area contributed by atoms with Crippen molar-refractivity contribution in [3.8, 4) is 0 Å². The van der Waals surface area contributed by atoms with Gasteiger partial charge < -0.3 is 21.5 Å². The summed E-state index contributed by atoms with van der Waals surface area (Å²) in [5, 5.41) is 8.48. The van der Waals surface area contributed by atoms with Crippen LogP contribution < -0.4 is 16.8 Å². The third kappa shape index (κ3) is 3.18. The van der Waals surface area contributed by atoms with Crippen molar-refractivity contribution in [2.45, 2.75) is 0 Å². The molecule has 1 aromatic heterocycles. The molecule has 6 N–H and O–H groups in total. The topological polar surface area (TPSA) is 136 Å². The monoisotopic (exact) mass is 213 g/mol. The Kier molecular flexibility index (Phi) is 3.49. The smallest absolute Gasteiger partial charge is 0.404 e. The summed E-state index contributed by atoms with van der Waals surface area (Å²) in [4.78, 5) is 21.5. The SMILES string of the molecule is NC(=O)OCCNC(=O)c1[nH]ncc1N. The minimum absolute atomic E-state index is 0.00904. The second-order valence-electron chi connectivity index (χ2n) is 2.62. The first-order valence-electron chi connectivity index (χ1n) is 4.10. The van der Waals surface area contributed by atoms with Gasteiger partial charge in [0.25, 0.3) is 5.91 Å². The summed E-state index contributed by atoms with van der Waals surface area (Å²) in [6, 6.07) is 0. The molecule has 8 heteroatoms. The van der Waals surface area contributed by atoms with E-state index in [0.717, 1.165) is 0 Å². The molecule has 0 radical (unpaired) electrons. The number of H-pyrrole nitrogens is 1. The molecule has 0 aliphatic rings. The van der Waals surface area contributed by atoms with Crippen molar-refractivity contribution >= 4 is 17.7 Å². The van der Waals surface area contributed by atoms with Crippen molar-refractivity contribution in [3.63, 3.8) is 0 Å². The van der Waals surface area contributed by atoms with Crippen molar-refractivity contribution in [2.75, 3.05) is 18.9 Å². The fourth-order valence-electron chi connectivity index (χ4n) is 0.882. The van der Waals surface area contributed by atoms with E-state index in [2.05, 4.69) is 20.3 Å². The highest BCUT2D eigenvalue weighted by Crippen LogP contribution is 2.04. The molecule has 0 saturated carbocycles. The van der Waals surface area contributed by atoms with Crippen LogP contribution in [0.5, 0.6) is 0 Å². The molecule has 1 heterocycles. The molecule has 0 aliphatic carbocycles. The van der Waals surface area contributed by atoms with Crippen molar-refractivity contribution in [1.82, 2.24) is 15.5 Å². The third-order valence-corrected chi connectivity index (χ3v) is 1.53. The molecule has 0 unspecified atom stereocenters. The second kappa shape index (κ2) is 4.84. The molecule has 8 nitrogen and oxygen atoms in total. The zero-order valence-corrected chi connectivity index (χ0v) is 7.82. The Morgan fingerprint density at radius 1 is 1.60 bits per heavy atom. The maximum absolute atomic E-state index is 11.3. The summed E-state index contributed by atoms with van der Waals surface area (Å²) in [6.07, 6.45) is 0.444. The molecule has 15 heavy (non-hydrogen) atoms. The average molecular weight is 213 g/mol. The van der Waals surface area contributed by atoms with Crippen molar-refractivity contribution in [1.29, 1.82) is 0 Å². The predicted octanol–water partition coefficient (Wildman–Crippen LogP) is -1.18. The Morgan fingerprint density at radius 2 is 2.33 bits per heavy atom. The third-order valence-electron chi connectivity index (χ3n) is 1.53. The van der Waals surface area contributed by atoms with E-state index in [4.69, 9.17) is 11.5 Å². The van der Waals surface area contributed by atoms with E-state index >= 15 is 0 Å². The van der Waals surface area contributed by atoms with Crippen LogP contribution in [0.2, 0.25) is 0 Å². The highest BCUT2D eigenvalue weighted by Gasteiger charge is 2.10. The Balaban J connectivity index is 2.31. The summed E-state index contributed by atoms with van der Waals surface area (Å²) in [7, 11) is 0. The number of hydrogen-bond acceptors (Lipinski definition) is 5. The van der Waals surface area contributed by atoms with Crippen molar-refractivity contribution < 1.29 is 14.3 Å². The first-order valence-corrected chi connectivity index (χ1v) is 4.10. The van der Waals surface area contributed by atoms with E-state index in [1.165, 1.54) is 6.20 Å². The fraction of sp³-hybridized carbons (Fsp3) is 0.286. The molecular formula is C7H11N5O3. The molecule has 2 amide bonds. The molecule has 0 aliphatic heterocycles. The van der Waals surface area contributed by atoms with Crippen LogP contribution in [0.15, 0.2) is 6.20 Å². The van der Waals surface area contributed by atoms with Gasteiger partial charge in [0.15, 0.2) is 0 Å². The van der Waals surface area contributed by atoms with E-state index in [9.17, 15) is 9.59 Å². The maximum Gasteiger partial charge on any atom is 0.404 e. The Morgan fingerprint density at radius 3 is 2.87 bits per heavy atom. The van der Waals surface area contributed by atoms with Crippen LogP contribution >= 0.6 is 0 Å². The highest BCUT2D eigenvalue weighted by atomic mass is 16.5. The second-order valence-corrected chi connectivity index (χ2v) is 2.62. The van der Waals surface area contributed by atoms with Crippen LogP contribution in [-0.2, 0) is 4.74 Å². The zero-order valence-electron chi connectivity index (χ0n) is 7.82. The van der Waals surface area contributed by atoms with E-state index < -0.39 is 12.0 Å². The van der Waals surface area contributed by atoms with Gasteiger partial charge in [-0.3, -0.25) is 9.89 Å². The van der Waals surface area contributed by atoms with Gasteiger partial charge in [0.1, 0.15) is 12.3 Å². The van der Waals surface area contributed by atoms with Gasteiger partial charge in [0, 0.05) is 0 Å². The summed E-state index contributed by atoms with van der Waals surface area (Å²) < 4.78 is 4.41. The number of carbonyl (C=O) groups excluding carboxylic acids is 2. The normalized spacial score (nSPS) is 9.60. The number of hydrogen-bond donors (Lipinski definition) is 4. The first kappa shape index (κ1) is 10.8. The Bertz CT molecular complexity index is 361. The number of nitrogens with two attached hydrogens (primary N) is 2. The number of nitrogens with zero attached hydrogens (tertiary/aromatic N) is 1. The summed E-state index contributed by atoms with van der Waals surface area (Å²) in [5.74, 6) is -0.418. The number of amides is 2. The fourth-order valence-corrected chi connectivity index (χ4v) is 0.882. The van der Waals surface area contributed by atoms with Gasteiger partial charge in [-0.15, -0.1) is 0 Å². The number of aromatic nitrogens is 2. The van der Waals surface area contributed by atoms with Crippen molar-refractivity contribution in [2.24, 2.45) is 5.73 Å². The number of ether oxygens (including phenoxy) is 1.